The molecular formula is C28H35NO6S2. The summed E-state index contributed by atoms with van der Waals surface area (Å²) in [4.78, 5) is 29.0. The highest BCUT2D eigenvalue weighted by Crippen LogP contribution is 2.50. The second kappa shape index (κ2) is 11.9. The standard InChI is InChI=1S/C28H35NO6S2/c1-4-18-5-7-28(21-6-8-29-14-21)16-37-36-15-20(19-11-24(32)27(33)26(12-19)34-3)10-22(31)13-25(23(28)9-18)35-17(2)30/h5-8,11-12,14,18,20,23,25,29,32-33H,4,9-10,13,15-16H2,1-3H3/t18-,20-,23-,25+,28+/m1/s1. The van der Waals surface area contributed by atoms with Gasteiger partial charge in [-0.1, -0.05) is 40.7 Å². The summed E-state index contributed by atoms with van der Waals surface area (Å²) in [5, 5.41) is 20.3. The SMILES string of the molecule is CC[C@@H]1C=C[C@@]2(c3cc[nH]c3)CSSC[C@H](c3cc(O)c(O)c(OC)c3)CC(=O)C[C@H](OC(C)=O)[C@H]2C1. The predicted octanol–water partition coefficient (Wildman–Crippen LogP) is 5.73. The third-order valence-corrected chi connectivity index (χ3v) is 10.2. The minimum atomic E-state index is -0.550. The van der Waals surface area contributed by atoms with E-state index in [4.69, 9.17) is 9.47 Å². The smallest absolute Gasteiger partial charge is 0.302 e. The number of carbonyl (C=O) groups is 2. The summed E-state index contributed by atoms with van der Waals surface area (Å²) in [6.07, 6.45) is 10.1. The lowest BCUT2D eigenvalue weighted by molar-refractivity contribution is -0.152. The molecule has 2 aliphatic rings. The fraction of sp³-hybridized carbons (Fsp3) is 0.500. The number of phenols is 2. The first kappa shape index (κ1) is 27.5. The molecule has 0 radical (unpaired) electrons. The Labute approximate surface area is 225 Å². The molecule has 0 bridgehead atoms. The van der Waals surface area contributed by atoms with E-state index >= 15 is 0 Å². The van der Waals surface area contributed by atoms with E-state index in [1.807, 2.05) is 12.4 Å². The number of carbonyl (C=O) groups excluding carboxylic acids is 2. The molecule has 3 N–H and O–H groups in total. The third-order valence-electron chi connectivity index (χ3n) is 7.63. The van der Waals surface area contributed by atoms with Crippen molar-refractivity contribution in [2.75, 3.05) is 18.6 Å². The zero-order valence-electron chi connectivity index (χ0n) is 21.4. The van der Waals surface area contributed by atoms with E-state index < -0.39 is 6.10 Å². The quantitative estimate of drug-likeness (QED) is 0.189. The number of ketones is 1. The lowest BCUT2D eigenvalue weighted by Crippen LogP contribution is -2.47. The number of benzene rings is 1. The molecule has 0 amide bonds. The summed E-state index contributed by atoms with van der Waals surface area (Å²) < 4.78 is 11.1. The third kappa shape index (κ3) is 5.98. The van der Waals surface area contributed by atoms with E-state index in [-0.39, 0.29) is 59.1 Å². The highest BCUT2D eigenvalue weighted by Gasteiger charge is 2.47. The van der Waals surface area contributed by atoms with Crippen LogP contribution in [-0.2, 0) is 19.7 Å². The molecule has 1 aromatic carbocycles. The number of hydrogen-bond donors (Lipinski definition) is 3. The predicted molar refractivity (Wildman–Crippen MR) is 147 cm³/mol. The van der Waals surface area contributed by atoms with Crippen molar-refractivity contribution in [2.45, 2.75) is 57.0 Å². The molecule has 0 unspecified atom stereocenters. The van der Waals surface area contributed by atoms with Crippen molar-refractivity contribution in [3.05, 3.63) is 53.9 Å². The number of Topliss-reactive ketones (excluding diaryl/α,β-unsaturated/α-hetero) is 1. The van der Waals surface area contributed by atoms with Gasteiger partial charge in [-0.25, -0.2) is 0 Å². The molecule has 0 spiro atoms. The zero-order chi connectivity index (χ0) is 26.6. The van der Waals surface area contributed by atoms with Gasteiger partial charge in [0.15, 0.2) is 11.5 Å². The summed E-state index contributed by atoms with van der Waals surface area (Å²) in [5.41, 5.74) is 1.47. The summed E-state index contributed by atoms with van der Waals surface area (Å²) in [6.45, 7) is 3.56. The number of fused-ring (bicyclic) bond motifs is 1. The number of H-pyrrole nitrogens is 1. The number of aromatic nitrogens is 1. The Morgan fingerprint density at radius 1 is 1.24 bits per heavy atom. The molecular weight excluding hydrogens is 510 g/mol. The van der Waals surface area contributed by atoms with Crippen molar-refractivity contribution in [3.63, 3.8) is 0 Å². The number of esters is 1. The molecule has 1 saturated heterocycles. The first-order chi connectivity index (χ1) is 17.8. The number of allylic oxidation sites excluding steroid dienone is 2. The maximum atomic E-state index is 13.5. The van der Waals surface area contributed by atoms with E-state index in [1.54, 1.807) is 27.7 Å². The van der Waals surface area contributed by atoms with Gasteiger partial charge >= 0.3 is 5.97 Å². The number of aromatic amines is 1. The zero-order valence-corrected chi connectivity index (χ0v) is 23.1. The number of hydrogen-bond acceptors (Lipinski definition) is 8. The fourth-order valence-corrected chi connectivity index (χ4v) is 8.55. The van der Waals surface area contributed by atoms with Gasteiger partial charge < -0.3 is 24.7 Å². The van der Waals surface area contributed by atoms with Gasteiger partial charge in [0, 0.05) is 60.9 Å². The van der Waals surface area contributed by atoms with Crippen molar-refractivity contribution in [3.8, 4) is 17.2 Å². The Kier molecular flexibility index (Phi) is 8.85. The van der Waals surface area contributed by atoms with Crippen molar-refractivity contribution >= 4 is 33.3 Å². The average molecular weight is 546 g/mol. The molecule has 9 heteroatoms. The summed E-state index contributed by atoms with van der Waals surface area (Å²) >= 11 is 0. The molecule has 7 nitrogen and oxygen atoms in total. The van der Waals surface area contributed by atoms with Crippen molar-refractivity contribution in [1.29, 1.82) is 0 Å². The maximum Gasteiger partial charge on any atom is 0.302 e. The van der Waals surface area contributed by atoms with Crippen molar-refractivity contribution < 1.29 is 29.3 Å². The molecule has 0 saturated carbocycles. The van der Waals surface area contributed by atoms with E-state index in [0.29, 0.717) is 11.7 Å². The minimum absolute atomic E-state index is 0.000789. The van der Waals surface area contributed by atoms with Gasteiger partial charge in [0.2, 0.25) is 5.75 Å². The molecule has 5 atom stereocenters. The first-order valence-electron chi connectivity index (χ1n) is 12.6. The van der Waals surface area contributed by atoms with Crippen LogP contribution in [0.1, 0.15) is 56.6 Å². The van der Waals surface area contributed by atoms with Gasteiger partial charge in [0.05, 0.1) is 7.11 Å². The van der Waals surface area contributed by atoms with Crippen LogP contribution < -0.4 is 4.74 Å². The summed E-state index contributed by atoms with van der Waals surface area (Å²) in [7, 11) is 4.86. The van der Waals surface area contributed by atoms with Gasteiger partial charge in [0.1, 0.15) is 11.9 Å². The topological polar surface area (TPSA) is 109 Å². The number of rotatable bonds is 5. The molecule has 200 valence electrons. The Balaban J connectivity index is 1.73. The average Bonchev–Trinajstić information content (AvgIpc) is 3.41. The first-order valence-corrected chi connectivity index (χ1v) is 15.1. The Hall–Kier alpha value is -2.52. The van der Waals surface area contributed by atoms with Gasteiger partial charge in [-0.2, -0.15) is 0 Å². The minimum Gasteiger partial charge on any atom is -0.504 e. The van der Waals surface area contributed by atoms with E-state index in [2.05, 4.69) is 30.1 Å². The molecule has 4 rings (SSSR count). The second-order valence-electron chi connectivity index (χ2n) is 9.94. The molecule has 2 aromatic rings. The Morgan fingerprint density at radius 2 is 2.05 bits per heavy atom. The molecule has 1 aromatic heterocycles. The monoisotopic (exact) mass is 545 g/mol. The van der Waals surface area contributed by atoms with Crippen molar-refractivity contribution in [1.82, 2.24) is 4.98 Å². The van der Waals surface area contributed by atoms with E-state index in [9.17, 15) is 19.8 Å². The lowest BCUT2D eigenvalue weighted by atomic mass is 9.62. The van der Waals surface area contributed by atoms with Crippen LogP contribution in [0, 0.1) is 11.8 Å². The van der Waals surface area contributed by atoms with Crippen molar-refractivity contribution in [2.24, 2.45) is 11.8 Å². The molecule has 2 heterocycles. The largest absolute Gasteiger partial charge is 0.504 e. The van der Waals surface area contributed by atoms with Gasteiger partial charge in [-0.3, -0.25) is 9.59 Å². The lowest BCUT2D eigenvalue weighted by Gasteiger charge is -2.45. The Bertz CT molecular complexity index is 1130. The highest BCUT2D eigenvalue weighted by molar-refractivity contribution is 8.76. The fourth-order valence-electron chi connectivity index (χ4n) is 5.60. The number of ether oxygens (including phenoxy) is 2. The summed E-state index contributed by atoms with van der Waals surface area (Å²) in [6, 6.07) is 5.26. The van der Waals surface area contributed by atoms with Crippen LogP contribution in [0.4, 0.5) is 0 Å². The number of phenolic OH excluding ortho intramolecular Hbond substituents is 2. The number of nitrogens with one attached hydrogen (secondary N) is 1. The molecule has 37 heavy (non-hydrogen) atoms. The van der Waals surface area contributed by atoms with Crippen LogP contribution in [0.2, 0.25) is 0 Å². The van der Waals surface area contributed by atoms with Crippen LogP contribution in [0.25, 0.3) is 0 Å². The Morgan fingerprint density at radius 3 is 2.73 bits per heavy atom. The van der Waals surface area contributed by atoms with Crippen LogP contribution in [0.15, 0.2) is 42.7 Å². The molecule has 1 aliphatic heterocycles. The van der Waals surface area contributed by atoms with Crippen LogP contribution in [0.3, 0.4) is 0 Å². The van der Waals surface area contributed by atoms with E-state index in [0.717, 1.165) is 29.7 Å². The number of aromatic hydroxyl groups is 2. The maximum absolute atomic E-state index is 13.5. The molecule has 1 fully saturated rings. The molecule has 1 aliphatic carbocycles. The van der Waals surface area contributed by atoms with E-state index in [1.165, 1.54) is 20.1 Å². The highest BCUT2D eigenvalue weighted by atomic mass is 33.1. The van der Waals surface area contributed by atoms with Gasteiger partial charge in [0.25, 0.3) is 0 Å². The van der Waals surface area contributed by atoms with Gasteiger partial charge in [-0.15, -0.1) is 0 Å². The second-order valence-corrected chi connectivity index (χ2v) is 12.4. The number of methoxy groups -OCH3 is 1. The van der Waals surface area contributed by atoms with Crippen LogP contribution >= 0.6 is 21.6 Å². The van der Waals surface area contributed by atoms with Crippen LogP contribution in [0.5, 0.6) is 17.2 Å². The summed E-state index contributed by atoms with van der Waals surface area (Å²) in [5.74, 6) is 0.687. The van der Waals surface area contributed by atoms with Gasteiger partial charge in [-0.05, 0) is 48.1 Å². The van der Waals surface area contributed by atoms with Crippen LogP contribution in [-0.4, -0.2) is 51.7 Å². The normalized spacial score (nSPS) is 28.7.